The number of fused-ring (bicyclic) bond motifs is 3. The van der Waals surface area contributed by atoms with E-state index in [1.165, 1.54) is 12.8 Å². The van der Waals surface area contributed by atoms with Gasteiger partial charge in [-0.05, 0) is 43.5 Å². The molecular weight excluding hydrogens is 406 g/mol. The molecule has 0 spiro atoms. The second-order valence-electron chi connectivity index (χ2n) is 8.07. The second-order valence-corrected chi connectivity index (χ2v) is 8.07. The van der Waals surface area contributed by atoms with Crippen molar-refractivity contribution >= 4 is 11.6 Å². The molecule has 1 aliphatic heterocycles. The number of rotatable bonds is 4. The van der Waals surface area contributed by atoms with Gasteiger partial charge in [-0.1, -0.05) is 6.07 Å². The Morgan fingerprint density at radius 2 is 2.09 bits per heavy atom. The van der Waals surface area contributed by atoms with Gasteiger partial charge in [0.15, 0.2) is 11.6 Å². The quantitative estimate of drug-likeness (QED) is 0.536. The van der Waals surface area contributed by atoms with Gasteiger partial charge in [0, 0.05) is 24.9 Å². The average Bonchev–Trinajstić information content (AvgIpc) is 3.35. The van der Waals surface area contributed by atoms with Crippen LogP contribution in [0.2, 0.25) is 0 Å². The second kappa shape index (κ2) is 7.60. The molecule has 1 saturated carbocycles. The van der Waals surface area contributed by atoms with Crippen LogP contribution in [-0.2, 0) is 6.54 Å². The van der Waals surface area contributed by atoms with E-state index in [-0.39, 0.29) is 5.91 Å². The topological polar surface area (TPSA) is 99.8 Å². The average molecular weight is 427 g/mol. The molecule has 6 rings (SSSR count). The number of para-hydroxylation sites is 1. The van der Waals surface area contributed by atoms with Crippen molar-refractivity contribution in [1.29, 1.82) is 0 Å². The van der Waals surface area contributed by atoms with E-state index in [9.17, 15) is 4.79 Å². The van der Waals surface area contributed by atoms with Crippen molar-refractivity contribution in [2.24, 2.45) is 0 Å². The smallest absolute Gasteiger partial charge is 0.274 e. The molecule has 1 aliphatic carbocycles. The maximum Gasteiger partial charge on any atom is 0.274 e. The molecule has 160 valence electrons. The molecule has 2 aliphatic rings. The van der Waals surface area contributed by atoms with Crippen molar-refractivity contribution in [2.45, 2.75) is 31.7 Å². The van der Waals surface area contributed by atoms with E-state index >= 15 is 0 Å². The molecule has 3 aromatic heterocycles. The van der Waals surface area contributed by atoms with Gasteiger partial charge in [-0.3, -0.25) is 9.78 Å². The third-order valence-electron chi connectivity index (χ3n) is 5.78. The van der Waals surface area contributed by atoms with E-state index in [1.54, 1.807) is 24.9 Å². The summed E-state index contributed by atoms with van der Waals surface area (Å²) < 4.78 is 9.95. The summed E-state index contributed by atoms with van der Waals surface area (Å²) in [7, 11) is 0. The number of aromatic nitrogens is 6. The minimum atomic E-state index is -0.310. The largest absolute Gasteiger partial charge is 0.491 e. The number of pyridine rings is 1. The van der Waals surface area contributed by atoms with Crippen molar-refractivity contribution in [3.63, 3.8) is 0 Å². The van der Waals surface area contributed by atoms with Crippen LogP contribution in [0.5, 0.6) is 5.75 Å². The molecule has 1 aromatic carbocycles. The van der Waals surface area contributed by atoms with Crippen LogP contribution in [0.25, 0.3) is 17.1 Å². The van der Waals surface area contributed by atoms with Crippen molar-refractivity contribution < 1.29 is 9.53 Å². The zero-order valence-electron chi connectivity index (χ0n) is 17.3. The van der Waals surface area contributed by atoms with E-state index in [2.05, 4.69) is 25.5 Å². The molecule has 0 unspecified atom stereocenters. The highest BCUT2D eigenvalue weighted by Crippen LogP contribution is 2.39. The molecule has 9 nitrogen and oxygen atoms in total. The van der Waals surface area contributed by atoms with Crippen molar-refractivity contribution in [2.75, 3.05) is 11.9 Å². The summed E-state index contributed by atoms with van der Waals surface area (Å²) in [6, 6.07) is 9.24. The molecular formula is C23H21N7O2. The van der Waals surface area contributed by atoms with Crippen LogP contribution in [0.4, 0.5) is 5.69 Å². The van der Waals surface area contributed by atoms with Crippen molar-refractivity contribution in [1.82, 2.24) is 29.3 Å². The minimum Gasteiger partial charge on any atom is -0.491 e. The molecule has 0 bridgehead atoms. The summed E-state index contributed by atoms with van der Waals surface area (Å²) in [5.41, 5.74) is 3.64. The lowest BCUT2D eigenvalue weighted by Gasteiger charge is -2.19. The number of hydrogen-bond donors (Lipinski definition) is 1. The molecule has 32 heavy (non-hydrogen) atoms. The summed E-state index contributed by atoms with van der Waals surface area (Å²) in [6.07, 6.45) is 10.4. The monoisotopic (exact) mass is 427 g/mol. The van der Waals surface area contributed by atoms with Crippen molar-refractivity contribution in [3.8, 4) is 22.8 Å². The van der Waals surface area contributed by atoms with E-state index in [1.807, 2.05) is 39.6 Å². The van der Waals surface area contributed by atoms with Crippen LogP contribution >= 0.6 is 0 Å². The Balaban J connectivity index is 1.29. The third kappa shape index (κ3) is 3.41. The number of nitrogens with one attached hydrogen (secondary N) is 1. The summed E-state index contributed by atoms with van der Waals surface area (Å²) in [5.74, 6) is 1.58. The van der Waals surface area contributed by atoms with Gasteiger partial charge >= 0.3 is 0 Å². The van der Waals surface area contributed by atoms with Gasteiger partial charge in [-0.25, -0.2) is 4.98 Å². The molecule has 4 heterocycles. The van der Waals surface area contributed by atoms with Crippen LogP contribution in [0, 0.1) is 0 Å². The Hall–Kier alpha value is -4.01. The van der Waals surface area contributed by atoms with Gasteiger partial charge in [0.25, 0.3) is 5.91 Å². The van der Waals surface area contributed by atoms with Crippen LogP contribution in [-0.4, -0.2) is 41.8 Å². The van der Waals surface area contributed by atoms with Crippen LogP contribution in [0.1, 0.15) is 41.4 Å². The third-order valence-corrected chi connectivity index (χ3v) is 5.78. The fourth-order valence-electron chi connectivity index (χ4n) is 3.96. The summed E-state index contributed by atoms with van der Waals surface area (Å²) in [6.45, 7) is 1.32. The number of amides is 1. The minimum absolute atomic E-state index is 0.310. The number of benzene rings is 1. The first kappa shape index (κ1) is 18.7. The van der Waals surface area contributed by atoms with E-state index in [0.29, 0.717) is 29.7 Å². The zero-order chi connectivity index (χ0) is 21.5. The first-order chi connectivity index (χ1) is 15.8. The van der Waals surface area contributed by atoms with E-state index < -0.39 is 0 Å². The lowest BCUT2D eigenvalue weighted by Crippen LogP contribution is -2.16. The van der Waals surface area contributed by atoms with E-state index in [0.717, 1.165) is 35.7 Å². The van der Waals surface area contributed by atoms with Crippen LogP contribution in [0.15, 0.2) is 55.4 Å². The van der Waals surface area contributed by atoms with Gasteiger partial charge in [0.05, 0.1) is 35.6 Å². The number of imidazole rings is 1. The highest BCUT2D eigenvalue weighted by molar-refractivity contribution is 6.04. The molecule has 0 saturated heterocycles. The predicted molar refractivity (Wildman–Crippen MR) is 117 cm³/mol. The standard InChI is InChI=1S/C23H21N7O2/c31-23(19-11-16(7-8-24-19)30-12-20(25-13-30)15-5-6-15)27-18-4-1-3-17-21(18)32-10-2-9-29-14-26-28-22(17)29/h1,3-4,7-8,11-15H,2,5-6,9-10H2,(H,27,31). The summed E-state index contributed by atoms with van der Waals surface area (Å²) in [5, 5.41) is 11.2. The maximum atomic E-state index is 13.1. The van der Waals surface area contributed by atoms with Gasteiger partial charge in [0.2, 0.25) is 0 Å². The number of hydrogen-bond acceptors (Lipinski definition) is 6. The summed E-state index contributed by atoms with van der Waals surface area (Å²) >= 11 is 0. The predicted octanol–water partition coefficient (Wildman–Crippen LogP) is 3.44. The molecule has 0 radical (unpaired) electrons. The maximum absolute atomic E-state index is 13.1. The number of aryl methyl sites for hydroxylation is 1. The molecule has 1 N–H and O–H groups in total. The number of carbonyl (C=O) groups is 1. The molecule has 9 heteroatoms. The fourth-order valence-corrected chi connectivity index (χ4v) is 3.96. The lowest BCUT2D eigenvalue weighted by molar-refractivity contribution is 0.102. The Morgan fingerprint density at radius 1 is 1.16 bits per heavy atom. The first-order valence-electron chi connectivity index (χ1n) is 10.7. The van der Waals surface area contributed by atoms with Gasteiger partial charge in [-0.2, -0.15) is 0 Å². The van der Waals surface area contributed by atoms with Crippen molar-refractivity contribution in [3.05, 3.63) is 66.8 Å². The normalized spacial score (nSPS) is 15.1. The molecule has 0 atom stereocenters. The summed E-state index contributed by atoms with van der Waals surface area (Å²) in [4.78, 5) is 21.8. The van der Waals surface area contributed by atoms with Gasteiger partial charge < -0.3 is 19.2 Å². The number of ether oxygens (including phenoxy) is 1. The Bertz CT molecular complexity index is 1310. The molecule has 4 aromatic rings. The SMILES string of the molecule is O=C(Nc1cccc2c1OCCCn1cnnc1-2)c1cc(-n2cnc(C3CC3)c2)ccn1. The van der Waals surface area contributed by atoms with E-state index in [4.69, 9.17) is 4.74 Å². The zero-order valence-corrected chi connectivity index (χ0v) is 17.3. The highest BCUT2D eigenvalue weighted by Gasteiger charge is 2.26. The Morgan fingerprint density at radius 3 is 3.00 bits per heavy atom. The highest BCUT2D eigenvalue weighted by atomic mass is 16.5. The first-order valence-corrected chi connectivity index (χ1v) is 10.7. The Kier molecular flexibility index (Phi) is 4.45. The number of carbonyl (C=O) groups excluding carboxylic acids is 1. The molecule has 1 fully saturated rings. The fraction of sp³-hybridized carbons (Fsp3) is 0.261. The van der Waals surface area contributed by atoms with Crippen LogP contribution < -0.4 is 10.1 Å². The number of nitrogens with zero attached hydrogens (tertiary/aromatic N) is 6. The van der Waals surface area contributed by atoms with Gasteiger partial charge in [0.1, 0.15) is 12.0 Å². The van der Waals surface area contributed by atoms with Crippen LogP contribution in [0.3, 0.4) is 0 Å². The molecule has 1 amide bonds. The van der Waals surface area contributed by atoms with Gasteiger partial charge in [-0.15, -0.1) is 10.2 Å². The number of anilines is 1. The lowest BCUT2D eigenvalue weighted by atomic mass is 10.1. The Labute approximate surface area is 184 Å².